The Balaban J connectivity index is 2.13. The molecule has 0 spiro atoms. The zero-order chi connectivity index (χ0) is 12.7. The van der Waals surface area contributed by atoms with Crippen LogP contribution in [0.25, 0.3) is 11.4 Å². The highest BCUT2D eigenvalue weighted by molar-refractivity contribution is 9.08. The normalized spacial score (nSPS) is 15.1. The van der Waals surface area contributed by atoms with Gasteiger partial charge in [-0.05, 0) is 43.5 Å². The highest BCUT2D eigenvalue weighted by Crippen LogP contribution is 2.39. The minimum atomic E-state index is 0.557. The van der Waals surface area contributed by atoms with Gasteiger partial charge in [-0.25, -0.2) is 0 Å². The van der Waals surface area contributed by atoms with Crippen molar-refractivity contribution < 1.29 is 0 Å². The van der Waals surface area contributed by atoms with Gasteiger partial charge >= 0.3 is 0 Å². The largest absolute Gasteiger partial charge is 0.307 e. The first-order valence-electron chi connectivity index (χ1n) is 5.96. The van der Waals surface area contributed by atoms with Crippen LogP contribution in [0.3, 0.4) is 0 Å². The molecule has 0 bridgehead atoms. The van der Waals surface area contributed by atoms with E-state index >= 15 is 0 Å². The van der Waals surface area contributed by atoms with Crippen molar-refractivity contribution in [3.8, 4) is 11.4 Å². The van der Waals surface area contributed by atoms with E-state index < -0.39 is 0 Å². The Hall–Kier alpha value is -0.870. The zero-order valence-electron chi connectivity index (χ0n) is 10.0. The van der Waals surface area contributed by atoms with E-state index in [0.717, 1.165) is 33.1 Å². The lowest BCUT2D eigenvalue weighted by Crippen LogP contribution is -2.01. The summed E-state index contributed by atoms with van der Waals surface area (Å²) in [5, 5.41) is 10.1. The van der Waals surface area contributed by atoms with Crippen LogP contribution in [-0.4, -0.2) is 14.8 Å². The molecular formula is C13H13BrClN3. The van der Waals surface area contributed by atoms with Crippen molar-refractivity contribution in [3.05, 3.63) is 34.6 Å². The summed E-state index contributed by atoms with van der Waals surface area (Å²) in [4.78, 5) is 0. The lowest BCUT2D eigenvalue weighted by molar-refractivity contribution is 0.714. The maximum Gasteiger partial charge on any atom is 0.164 e. The molecule has 0 amide bonds. The van der Waals surface area contributed by atoms with Crippen LogP contribution in [0.1, 0.15) is 30.3 Å². The molecule has 1 aromatic carbocycles. The Morgan fingerprint density at radius 3 is 2.72 bits per heavy atom. The third-order valence-electron chi connectivity index (χ3n) is 3.10. The minimum absolute atomic E-state index is 0.557. The smallest absolute Gasteiger partial charge is 0.164 e. The monoisotopic (exact) mass is 325 g/mol. The van der Waals surface area contributed by atoms with E-state index in [4.69, 9.17) is 11.6 Å². The third kappa shape index (κ3) is 2.19. The number of hydrogen-bond donors (Lipinski definition) is 0. The molecule has 1 aliphatic carbocycles. The van der Waals surface area contributed by atoms with E-state index in [1.165, 1.54) is 12.8 Å². The Labute approximate surface area is 119 Å². The molecular weight excluding hydrogens is 314 g/mol. The van der Waals surface area contributed by atoms with E-state index in [1.54, 1.807) is 0 Å². The van der Waals surface area contributed by atoms with Gasteiger partial charge in [0.25, 0.3) is 0 Å². The Morgan fingerprint density at radius 2 is 2.11 bits per heavy atom. The van der Waals surface area contributed by atoms with Crippen LogP contribution in [0.15, 0.2) is 18.2 Å². The van der Waals surface area contributed by atoms with Gasteiger partial charge in [-0.15, -0.1) is 10.2 Å². The van der Waals surface area contributed by atoms with Crippen molar-refractivity contribution in [2.75, 3.05) is 0 Å². The molecule has 3 nitrogen and oxygen atoms in total. The van der Waals surface area contributed by atoms with Gasteiger partial charge in [0.15, 0.2) is 5.82 Å². The first kappa shape index (κ1) is 12.2. The Morgan fingerprint density at radius 1 is 1.33 bits per heavy atom. The van der Waals surface area contributed by atoms with Crippen LogP contribution in [-0.2, 0) is 5.33 Å². The van der Waals surface area contributed by atoms with Gasteiger partial charge in [-0.2, -0.15) is 0 Å². The maximum atomic E-state index is 6.12. The SMILES string of the molecule is Cc1cc(Cl)cc(-c2nnc(CBr)n2C2CC2)c1. The standard InChI is InChI=1S/C13H13BrClN3/c1-8-4-9(6-10(15)5-8)13-17-16-12(7-14)18(13)11-2-3-11/h4-6,11H,2-3,7H2,1H3. The summed E-state index contributed by atoms with van der Waals surface area (Å²) in [6.07, 6.45) is 2.43. The third-order valence-corrected chi connectivity index (χ3v) is 3.82. The summed E-state index contributed by atoms with van der Waals surface area (Å²) >= 11 is 9.59. The van der Waals surface area contributed by atoms with E-state index in [2.05, 4.69) is 36.8 Å². The summed E-state index contributed by atoms with van der Waals surface area (Å²) in [6, 6.07) is 6.57. The highest BCUT2D eigenvalue weighted by Gasteiger charge is 2.29. The molecule has 94 valence electrons. The topological polar surface area (TPSA) is 30.7 Å². The second kappa shape index (κ2) is 4.67. The van der Waals surface area contributed by atoms with Crippen molar-refractivity contribution in [2.24, 2.45) is 0 Å². The average molecular weight is 327 g/mol. The second-order valence-corrected chi connectivity index (χ2v) is 5.69. The molecule has 1 aromatic heterocycles. The van der Waals surface area contributed by atoms with E-state index in [1.807, 2.05) is 19.1 Å². The predicted octanol–water partition coefficient (Wildman–Crippen LogP) is 4.14. The van der Waals surface area contributed by atoms with Gasteiger partial charge in [-0.3, -0.25) is 0 Å². The minimum Gasteiger partial charge on any atom is -0.307 e. The number of hydrogen-bond acceptors (Lipinski definition) is 2. The van der Waals surface area contributed by atoms with Crippen LogP contribution in [0.4, 0.5) is 0 Å². The molecule has 2 aromatic rings. The summed E-state index contributed by atoms with van der Waals surface area (Å²) in [5.74, 6) is 1.92. The number of rotatable bonds is 3. The molecule has 1 fully saturated rings. The lowest BCUT2D eigenvalue weighted by atomic mass is 10.1. The van der Waals surface area contributed by atoms with E-state index in [-0.39, 0.29) is 0 Å². The molecule has 0 N–H and O–H groups in total. The van der Waals surface area contributed by atoms with Crippen molar-refractivity contribution in [2.45, 2.75) is 31.1 Å². The number of aromatic nitrogens is 3. The van der Waals surface area contributed by atoms with Gasteiger partial charge in [0.1, 0.15) is 5.82 Å². The molecule has 0 atom stereocenters. The molecule has 0 saturated heterocycles. The number of halogens is 2. The fourth-order valence-electron chi connectivity index (χ4n) is 2.19. The fourth-order valence-corrected chi connectivity index (χ4v) is 2.87. The van der Waals surface area contributed by atoms with Crippen LogP contribution >= 0.6 is 27.5 Å². The summed E-state index contributed by atoms with van der Waals surface area (Å²) < 4.78 is 2.24. The van der Waals surface area contributed by atoms with Gasteiger partial charge < -0.3 is 4.57 Å². The van der Waals surface area contributed by atoms with Crippen molar-refractivity contribution in [1.29, 1.82) is 0 Å². The molecule has 1 heterocycles. The quantitative estimate of drug-likeness (QED) is 0.794. The fraction of sp³-hybridized carbons (Fsp3) is 0.385. The van der Waals surface area contributed by atoms with Crippen LogP contribution in [0, 0.1) is 6.92 Å². The zero-order valence-corrected chi connectivity index (χ0v) is 12.4. The van der Waals surface area contributed by atoms with E-state index in [0.29, 0.717) is 6.04 Å². The van der Waals surface area contributed by atoms with Gasteiger partial charge in [-0.1, -0.05) is 27.5 Å². The number of alkyl halides is 1. The second-order valence-electron chi connectivity index (χ2n) is 4.69. The number of nitrogens with zero attached hydrogens (tertiary/aromatic N) is 3. The van der Waals surface area contributed by atoms with Gasteiger partial charge in [0.05, 0.1) is 5.33 Å². The van der Waals surface area contributed by atoms with Gasteiger partial charge in [0.2, 0.25) is 0 Å². The predicted molar refractivity (Wildman–Crippen MR) is 76.1 cm³/mol. The molecule has 0 radical (unpaired) electrons. The average Bonchev–Trinajstić information content (AvgIpc) is 3.07. The summed E-state index contributed by atoms with van der Waals surface area (Å²) in [5.41, 5.74) is 2.19. The molecule has 3 rings (SSSR count). The molecule has 1 saturated carbocycles. The van der Waals surface area contributed by atoms with Crippen molar-refractivity contribution in [3.63, 3.8) is 0 Å². The molecule has 0 aliphatic heterocycles. The Bertz CT molecular complexity index is 570. The van der Waals surface area contributed by atoms with E-state index in [9.17, 15) is 0 Å². The summed E-state index contributed by atoms with van der Waals surface area (Å²) in [7, 11) is 0. The molecule has 18 heavy (non-hydrogen) atoms. The first-order chi connectivity index (χ1) is 8.69. The number of benzene rings is 1. The van der Waals surface area contributed by atoms with Gasteiger partial charge in [0, 0.05) is 16.6 Å². The molecule has 5 heteroatoms. The van der Waals surface area contributed by atoms with Crippen molar-refractivity contribution in [1.82, 2.24) is 14.8 Å². The van der Waals surface area contributed by atoms with Crippen molar-refractivity contribution >= 4 is 27.5 Å². The molecule has 1 aliphatic rings. The highest BCUT2D eigenvalue weighted by atomic mass is 79.9. The Kier molecular flexibility index (Phi) is 3.16. The lowest BCUT2D eigenvalue weighted by Gasteiger charge is -2.08. The summed E-state index contributed by atoms with van der Waals surface area (Å²) in [6.45, 7) is 2.04. The number of aryl methyl sites for hydroxylation is 1. The van der Waals surface area contributed by atoms with Crippen LogP contribution in [0.5, 0.6) is 0 Å². The molecule has 0 unspecified atom stereocenters. The maximum absolute atomic E-state index is 6.12. The van der Waals surface area contributed by atoms with Crippen LogP contribution < -0.4 is 0 Å². The van der Waals surface area contributed by atoms with Crippen LogP contribution in [0.2, 0.25) is 5.02 Å². The first-order valence-corrected chi connectivity index (χ1v) is 7.46.